The van der Waals surface area contributed by atoms with E-state index in [2.05, 4.69) is 25.4 Å². The molecule has 2 amide bonds. The molecule has 0 bridgehead atoms. The molecule has 1 unspecified atom stereocenters. The van der Waals surface area contributed by atoms with Crippen LogP contribution >= 0.6 is 11.6 Å². The Morgan fingerprint density at radius 1 is 1.09 bits per heavy atom. The summed E-state index contributed by atoms with van der Waals surface area (Å²) in [5.74, 6) is -0.950. The Kier molecular flexibility index (Phi) is 10.9. The van der Waals surface area contributed by atoms with E-state index in [-0.39, 0.29) is 84.5 Å². The van der Waals surface area contributed by atoms with E-state index < -0.39 is 34.7 Å². The van der Waals surface area contributed by atoms with Gasteiger partial charge in [-0.05, 0) is 56.9 Å². The molecule has 20 heteroatoms. The van der Waals surface area contributed by atoms with E-state index in [0.29, 0.717) is 50.7 Å². The van der Waals surface area contributed by atoms with Crippen LogP contribution in [0.5, 0.6) is 5.75 Å². The van der Waals surface area contributed by atoms with Crippen LogP contribution in [-0.4, -0.2) is 114 Å². The van der Waals surface area contributed by atoms with Gasteiger partial charge in [-0.3, -0.25) is 14.4 Å². The van der Waals surface area contributed by atoms with Gasteiger partial charge in [-0.25, -0.2) is 9.97 Å². The fraction of sp³-hybridized carbons (Fsp3) is 0.486. The fourth-order valence-corrected chi connectivity index (χ4v) is 7.72. The van der Waals surface area contributed by atoms with Gasteiger partial charge in [0.05, 0.1) is 40.8 Å². The molecule has 4 aromatic rings. The largest absolute Gasteiger partial charge is 0.503 e. The molecule has 6 heterocycles. The smallest absolute Gasteiger partial charge is 0.416 e. The SMILES string of the molecule is CCc1c(N2CCN(C(=O)c3ncnc(N4CCC(C(C)(C)O)C4)c3O)CC2)c(=O)n2nc(C3=CCOCC3)nc2n1CC(=O)Nc1ccc(C(F)(F)F)cc1Cl. The third-order valence-electron chi connectivity index (χ3n) is 10.7. The second kappa shape index (κ2) is 15.6. The summed E-state index contributed by atoms with van der Waals surface area (Å²) < 4.78 is 47.9. The monoisotopic (exact) mass is 814 g/mol. The highest BCUT2D eigenvalue weighted by molar-refractivity contribution is 6.33. The number of carbonyl (C=O) groups excluding carboxylic acids is 2. The maximum atomic E-state index is 14.3. The number of anilines is 3. The van der Waals surface area contributed by atoms with Crippen LogP contribution in [0.25, 0.3) is 11.4 Å². The number of rotatable bonds is 9. The number of amides is 2. The molecule has 0 spiro atoms. The van der Waals surface area contributed by atoms with Crippen LogP contribution < -0.4 is 20.7 Å². The Balaban J connectivity index is 1.16. The number of hydrogen-bond donors (Lipinski definition) is 3. The molecule has 7 rings (SSSR count). The molecule has 0 radical (unpaired) electrons. The molecule has 3 aliphatic rings. The highest BCUT2D eigenvalue weighted by Gasteiger charge is 2.37. The average molecular weight is 815 g/mol. The summed E-state index contributed by atoms with van der Waals surface area (Å²) in [6.45, 7) is 7.39. The van der Waals surface area contributed by atoms with Crippen LogP contribution in [0.4, 0.5) is 30.4 Å². The number of halogens is 4. The fourth-order valence-electron chi connectivity index (χ4n) is 7.49. The highest BCUT2D eigenvalue weighted by Crippen LogP contribution is 2.36. The van der Waals surface area contributed by atoms with E-state index in [0.717, 1.165) is 28.3 Å². The van der Waals surface area contributed by atoms with Crippen LogP contribution in [0.15, 0.2) is 35.4 Å². The first-order valence-corrected chi connectivity index (χ1v) is 18.9. The third-order valence-corrected chi connectivity index (χ3v) is 11.0. The highest BCUT2D eigenvalue weighted by atomic mass is 35.5. The van der Waals surface area contributed by atoms with E-state index in [4.69, 9.17) is 16.3 Å². The van der Waals surface area contributed by atoms with Gasteiger partial charge in [0.25, 0.3) is 11.5 Å². The van der Waals surface area contributed by atoms with Crippen LogP contribution in [0.2, 0.25) is 5.02 Å². The van der Waals surface area contributed by atoms with Crippen molar-refractivity contribution in [2.75, 3.05) is 67.6 Å². The molecule has 1 atom stereocenters. The standard InChI is InChI=1S/C37H42ClF3N10O6/c1-4-26-29(47-11-13-48(14-12-47)33(54)28-30(53)32(43-20-42-28)49-10-7-23(18-49)36(2,3)56)34(55)51-35(45-31(46-51)21-8-15-57-16-9-21)50(26)19-27(52)44-25-6-5-22(17-24(25)38)37(39,40)41/h5-6,8,17,20,23,53,56H,4,7,9-16,18-19H2,1-3H3,(H,44,52). The lowest BCUT2D eigenvalue weighted by Crippen LogP contribution is -2.51. The van der Waals surface area contributed by atoms with Crippen LogP contribution in [0, 0.1) is 5.92 Å². The number of aromatic hydroxyl groups is 1. The summed E-state index contributed by atoms with van der Waals surface area (Å²) >= 11 is 6.14. The molecule has 3 aromatic heterocycles. The first-order chi connectivity index (χ1) is 27.0. The minimum Gasteiger partial charge on any atom is -0.503 e. The number of aliphatic hydroxyl groups is 1. The molecule has 16 nitrogen and oxygen atoms in total. The molecular weight excluding hydrogens is 773 g/mol. The van der Waals surface area contributed by atoms with Gasteiger partial charge in [-0.15, -0.1) is 5.10 Å². The van der Waals surface area contributed by atoms with Crippen molar-refractivity contribution in [1.29, 1.82) is 0 Å². The number of nitrogens with one attached hydrogen (secondary N) is 1. The summed E-state index contributed by atoms with van der Waals surface area (Å²) in [6, 6.07) is 2.62. The van der Waals surface area contributed by atoms with E-state index in [1.54, 1.807) is 18.4 Å². The predicted octanol–water partition coefficient (Wildman–Crippen LogP) is 3.62. The summed E-state index contributed by atoms with van der Waals surface area (Å²) in [5.41, 5.74) is -1.09. The molecule has 0 saturated carbocycles. The molecular formula is C37H42ClF3N10O6. The minimum absolute atomic E-state index is 0.0270. The average Bonchev–Trinajstić information content (AvgIpc) is 3.86. The Morgan fingerprint density at radius 2 is 1.84 bits per heavy atom. The second-order valence-electron chi connectivity index (χ2n) is 14.7. The van der Waals surface area contributed by atoms with Gasteiger partial charge in [0.2, 0.25) is 11.7 Å². The van der Waals surface area contributed by atoms with Crippen molar-refractivity contribution in [3.05, 3.63) is 68.8 Å². The quantitative estimate of drug-likeness (QED) is 0.224. The van der Waals surface area contributed by atoms with Crippen molar-refractivity contribution in [2.45, 2.75) is 58.4 Å². The number of carbonyl (C=O) groups is 2. The summed E-state index contributed by atoms with van der Waals surface area (Å²) in [7, 11) is 0. The van der Waals surface area contributed by atoms with Gasteiger partial charge in [0.15, 0.2) is 23.1 Å². The summed E-state index contributed by atoms with van der Waals surface area (Å²) in [5, 5.41) is 28.5. The number of aromatic nitrogens is 6. The summed E-state index contributed by atoms with van der Waals surface area (Å²) in [6.07, 6.45) is -0.111. The lowest BCUT2D eigenvalue weighted by molar-refractivity contribution is -0.137. The van der Waals surface area contributed by atoms with E-state index in [9.17, 15) is 37.8 Å². The number of benzene rings is 1. The van der Waals surface area contributed by atoms with Crippen molar-refractivity contribution in [3.63, 3.8) is 0 Å². The number of piperazine rings is 1. The van der Waals surface area contributed by atoms with Crippen molar-refractivity contribution in [3.8, 4) is 5.75 Å². The summed E-state index contributed by atoms with van der Waals surface area (Å²) in [4.78, 5) is 59.9. The Bertz CT molecular complexity index is 2300. The Labute approximate surface area is 329 Å². The van der Waals surface area contributed by atoms with Gasteiger partial charge in [0.1, 0.15) is 18.6 Å². The Morgan fingerprint density at radius 3 is 2.47 bits per heavy atom. The molecule has 57 heavy (non-hydrogen) atoms. The van der Waals surface area contributed by atoms with Crippen molar-refractivity contribution >= 4 is 52.0 Å². The van der Waals surface area contributed by atoms with Crippen LogP contribution in [0.1, 0.15) is 61.2 Å². The number of fused-ring (bicyclic) bond motifs is 1. The zero-order chi connectivity index (χ0) is 40.8. The minimum atomic E-state index is -4.62. The van der Waals surface area contributed by atoms with Crippen molar-refractivity contribution in [2.24, 2.45) is 5.92 Å². The normalized spacial score (nSPS) is 18.0. The van der Waals surface area contributed by atoms with Crippen LogP contribution in [0.3, 0.4) is 0 Å². The topological polar surface area (TPSA) is 184 Å². The lowest BCUT2D eigenvalue weighted by atomic mass is 9.90. The molecule has 3 aliphatic heterocycles. The first-order valence-electron chi connectivity index (χ1n) is 18.6. The second-order valence-corrected chi connectivity index (χ2v) is 15.1. The first kappa shape index (κ1) is 39.9. The van der Waals surface area contributed by atoms with Gasteiger partial charge in [-0.2, -0.15) is 22.7 Å². The maximum absolute atomic E-state index is 14.3. The molecule has 3 N–H and O–H groups in total. The van der Waals surface area contributed by atoms with Crippen LogP contribution in [-0.2, 0) is 28.7 Å². The molecule has 2 fully saturated rings. The van der Waals surface area contributed by atoms with Crippen molar-refractivity contribution < 1.29 is 37.7 Å². The number of ether oxygens (including phenoxy) is 1. The lowest BCUT2D eigenvalue weighted by Gasteiger charge is -2.36. The zero-order valence-electron chi connectivity index (χ0n) is 31.5. The molecule has 0 aliphatic carbocycles. The van der Waals surface area contributed by atoms with Crippen molar-refractivity contribution in [1.82, 2.24) is 34.0 Å². The van der Waals surface area contributed by atoms with E-state index >= 15 is 0 Å². The number of alkyl halides is 3. The van der Waals surface area contributed by atoms with E-state index in [1.165, 1.54) is 11.2 Å². The zero-order valence-corrected chi connectivity index (χ0v) is 32.3. The molecule has 304 valence electrons. The number of hydrogen-bond acceptors (Lipinski definition) is 12. The van der Waals surface area contributed by atoms with Gasteiger partial charge >= 0.3 is 6.18 Å². The molecule has 1 aromatic carbocycles. The number of nitrogens with zero attached hydrogens (tertiary/aromatic N) is 9. The Hall–Kier alpha value is -5.27. The maximum Gasteiger partial charge on any atom is 0.416 e. The van der Waals surface area contributed by atoms with Gasteiger partial charge < -0.3 is 39.5 Å². The predicted molar refractivity (Wildman–Crippen MR) is 204 cm³/mol. The third kappa shape index (κ3) is 8.00. The van der Waals surface area contributed by atoms with Gasteiger partial charge in [-0.1, -0.05) is 24.6 Å². The van der Waals surface area contributed by atoms with E-state index in [1.807, 2.05) is 22.8 Å². The van der Waals surface area contributed by atoms with Gasteiger partial charge in [0, 0.05) is 45.2 Å². The molecule has 2 saturated heterocycles.